The number of hydrogen-bond acceptors (Lipinski definition) is 3. The van der Waals surface area contributed by atoms with Gasteiger partial charge in [0.05, 0.1) is 0 Å². The van der Waals surface area contributed by atoms with Crippen LogP contribution in [0.15, 0.2) is 23.8 Å². The van der Waals surface area contributed by atoms with Gasteiger partial charge in [0.25, 0.3) is 0 Å². The van der Waals surface area contributed by atoms with Gasteiger partial charge in [-0.25, -0.2) is 4.79 Å². The molecule has 0 aliphatic carbocycles. The summed E-state index contributed by atoms with van der Waals surface area (Å²) in [5, 5.41) is 26.9. The molecule has 74 valence electrons. The molecule has 0 fully saturated rings. The maximum Gasteiger partial charge on any atom is 0.331 e. The van der Waals surface area contributed by atoms with Crippen molar-refractivity contribution >= 4 is 12.0 Å². The summed E-state index contributed by atoms with van der Waals surface area (Å²) in [6.45, 7) is 1.43. The van der Waals surface area contributed by atoms with Gasteiger partial charge < -0.3 is 15.3 Å². The molecule has 1 aromatic carbocycles. The molecule has 0 atom stereocenters. The smallest absolute Gasteiger partial charge is 0.331 e. The van der Waals surface area contributed by atoms with E-state index in [0.717, 1.165) is 6.07 Å². The van der Waals surface area contributed by atoms with Crippen LogP contribution in [0.5, 0.6) is 11.5 Å². The SMILES string of the molecule is C/C(=C\c1ccc(O)cc1O)C(=O)O. The van der Waals surface area contributed by atoms with Gasteiger partial charge in [-0.1, -0.05) is 0 Å². The van der Waals surface area contributed by atoms with Gasteiger partial charge in [-0.05, 0) is 25.1 Å². The molecule has 0 amide bonds. The summed E-state index contributed by atoms with van der Waals surface area (Å²) in [4.78, 5) is 10.5. The van der Waals surface area contributed by atoms with Crippen molar-refractivity contribution in [2.75, 3.05) is 0 Å². The Morgan fingerprint density at radius 3 is 2.50 bits per heavy atom. The average molecular weight is 194 g/mol. The molecule has 1 aromatic rings. The van der Waals surface area contributed by atoms with Crippen molar-refractivity contribution in [3.8, 4) is 11.5 Å². The van der Waals surface area contributed by atoms with Gasteiger partial charge in [0.15, 0.2) is 0 Å². The van der Waals surface area contributed by atoms with E-state index in [9.17, 15) is 9.90 Å². The lowest BCUT2D eigenvalue weighted by molar-refractivity contribution is -0.132. The summed E-state index contributed by atoms with van der Waals surface area (Å²) < 4.78 is 0. The van der Waals surface area contributed by atoms with Gasteiger partial charge in [-0.3, -0.25) is 0 Å². The van der Waals surface area contributed by atoms with Crippen LogP contribution in [0, 0.1) is 0 Å². The fourth-order valence-corrected chi connectivity index (χ4v) is 0.949. The zero-order chi connectivity index (χ0) is 10.7. The molecule has 0 bridgehead atoms. The Labute approximate surface area is 80.7 Å². The summed E-state index contributed by atoms with van der Waals surface area (Å²) in [6, 6.07) is 3.97. The second kappa shape index (κ2) is 3.83. The first-order valence-corrected chi connectivity index (χ1v) is 3.94. The van der Waals surface area contributed by atoms with Crippen LogP contribution in [-0.4, -0.2) is 21.3 Å². The molecule has 0 saturated carbocycles. The Morgan fingerprint density at radius 2 is 2.00 bits per heavy atom. The second-order valence-corrected chi connectivity index (χ2v) is 2.88. The standard InChI is InChI=1S/C10H10O4/c1-6(10(13)14)4-7-2-3-8(11)5-9(7)12/h2-5,11-12H,1H3,(H,13,14)/b6-4+. The van der Waals surface area contributed by atoms with E-state index in [4.69, 9.17) is 10.2 Å². The van der Waals surface area contributed by atoms with Gasteiger partial charge >= 0.3 is 5.97 Å². The topological polar surface area (TPSA) is 77.8 Å². The number of phenols is 2. The highest BCUT2D eigenvalue weighted by molar-refractivity contribution is 5.91. The molecule has 4 heteroatoms. The summed E-state index contributed by atoms with van der Waals surface area (Å²) in [6.07, 6.45) is 1.33. The molecule has 14 heavy (non-hydrogen) atoms. The number of hydrogen-bond donors (Lipinski definition) is 3. The molecule has 0 spiro atoms. The first-order valence-electron chi connectivity index (χ1n) is 3.94. The lowest BCUT2D eigenvalue weighted by Gasteiger charge is -2.00. The molecule has 0 heterocycles. The molecule has 3 N–H and O–H groups in total. The highest BCUT2D eigenvalue weighted by atomic mass is 16.4. The van der Waals surface area contributed by atoms with Gasteiger partial charge in [-0.15, -0.1) is 0 Å². The third-order valence-corrected chi connectivity index (χ3v) is 1.72. The van der Waals surface area contributed by atoms with E-state index in [0.29, 0.717) is 5.56 Å². The van der Waals surface area contributed by atoms with Gasteiger partial charge in [0.2, 0.25) is 0 Å². The number of phenolic OH excluding ortho intramolecular Hbond substituents is 2. The molecule has 0 aromatic heterocycles. The van der Waals surface area contributed by atoms with Crippen molar-refractivity contribution in [3.63, 3.8) is 0 Å². The maximum atomic E-state index is 10.5. The van der Waals surface area contributed by atoms with Crippen LogP contribution in [0.1, 0.15) is 12.5 Å². The van der Waals surface area contributed by atoms with E-state index in [1.807, 2.05) is 0 Å². The van der Waals surface area contributed by atoms with Gasteiger partial charge in [-0.2, -0.15) is 0 Å². The monoisotopic (exact) mass is 194 g/mol. The van der Waals surface area contributed by atoms with E-state index >= 15 is 0 Å². The van der Waals surface area contributed by atoms with Crippen LogP contribution in [0.3, 0.4) is 0 Å². The first kappa shape index (κ1) is 10.1. The average Bonchev–Trinajstić information content (AvgIpc) is 2.09. The normalized spacial score (nSPS) is 11.4. The van der Waals surface area contributed by atoms with E-state index < -0.39 is 5.97 Å². The van der Waals surface area contributed by atoms with Crippen LogP contribution >= 0.6 is 0 Å². The van der Waals surface area contributed by atoms with Crippen molar-refractivity contribution < 1.29 is 20.1 Å². The number of carbonyl (C=O) groups is 1. The minimum Gasteiger partial charge on any atom is -0.508 e. The highest BCUT2D eigenvalue weighted by Gasteiger charge is 2.03. The van der Waals surface area contributed by atoms with Crippen LogP contribution in [0.2, 0.25) is 0 Å². The van der Waals surface area contributed by atoms with Crippen molar-refractivity contribution in [1.29, 1.82) is 0 Å². The predicted octanol–water partition coefficient (Wildman–Crippen LogP) is 1.59. The fourth-order valence-electron chi connectivity index (χ4n) is 0.949. The Balaban J connectivity index is 3.09. The quantitative estimate of drug-likeness (QED) is 0.624. The van der Waals surface area contributed by atoms with Crippen LogP contribution in [0.25, 0.3) is 6.08 Å². The molecule has 0 aliphatic rings. The summed E-state index contributed by atoms with van der Waals surface area (Å²) >= 11 is 0. The Hall–Kier alpha value is -1.97. The number of aromatic hydroxyl groups is 2. The van der Waals surface area contributed by atoms with Crippen LogP contribution in [0.4, 0.5) is 0 Å². The van der Waals surface area contributed by atoms with Crippen molar-refractivity contribution in [2.24, 2.45) is 0 Å². The van der Waals surface area contributed by atoms with Gasteiger partial charge in [0.1, 0.15) is 11.5 Å². The number of benzene rings is 1. The minimum absolute atomic E-state index is 0.0624. The lowest BCUT2D eigenvalue weighted by Crippen LogP contribution is -1.95. The summed E-state index contributed by atoms with van der Waals surface area (Å²) in [7, 11) is 0. The molecular formula is C10H10O4. The Morgan fingerprint density at radius 1 is 1.36 bits per heavy atom. The summed E-state index contributed by atoms with van der Waals surface area (Å²) in [5.74, 6) is -1.25. The van der Waals surface area contributed by atoms with Crippen molar-refractivity contribution in [1.82, 2.24) is 0 Å². The number of carboxylic acids is 1. The zero-order valence-electron chi connectivity index (χ0n) is 7.56. The zero-order valence-corrected chi connectivity index (χ0v) is 7.56. The van der Waals surface area contributed by atoms with E-state index in [1.165, 1.54) is 25.1 Å². The van der Waals surface area contributed by atoms with Crippen LogP contribution < -0.4 is 0 Å². The lowest BCUT2D eigenvalue weighted by atomic mass is 10.1. The highest BCUT2D eigenvalue weighted by Crippen LogP contribution is 2.24. The fraction of sp³-hybridized carbons (Fsp3) is 0.100. The van der Waals surface area contributed by atoms with Crippen molar-refractivity contribution in [2.45, 2.75) is 6.92 Å². The minimum atomic E-state index is -1.04. The predicted molar refractivity (Wildman–Crippen MR) is 51.1 cm³/mol. The Bertz CT molecular complexity index is 393. The molecule has 0 radical (unpaired) electrons. The third kappa shape index (κ3) is 2.26. The number of aliphatic carboxylic acids is 1. The first-order chi connectivity index (χ1) is 6.50. The maximum absolute atomic E-state index is 10.5. The summed E-state index contributed by atoms with van der Waals surface area (Å²) in [5.41, 5.74) is 0.480. The third-order valence-electron chi connectivity index (χ3n) is 1.72. The van der Waals surface area contributed by atoms with E-state index in [1.54, 1.807) is 0 Å². The second-order valence-electron chi connectivity index (χ2n) is 2.88. The molecular weight excluding hydrogens is 184 g/mol. The molecule has 1 rings (SSSR count). The molecule has 0 unspecified atom stereocenters. The Kier molecular flexibility index (Phi) is 2.76. The van der Waals surface area contributed by atoms with Crippen LogP contribution in [-0.2, 0) is 4.79 Å². The largest absolute Gasteiger partial charge is 0.508 e. The van der Waals surface area contributed by atoms with E-state index in [2.05, 4.69) is 0 Å². The molecule has 0 aliphatic heterocycles. The van der Waals surface area contributed by atoms with Crippen molar-refractivity contribution in [3.05, 3.63) is 29.3 Å². The number of rotatable bonds is 2. The number of carboxylic acid groups (broad SMARTS) is 1. The van der Waals surface area contributed by atoms with E-state index in [-0.39, 0.29) is 17.1 Å². The van der Waals surface area contributed by atoms with Gasteiger partial charge in [0, 0.05) is 17.2 Å². The molecule has 4 nitrogen and oxygen atoms in total. The molecule has 0 saturated heterocycles.